The Morgan fingerprint density at radius 3 is 1.58 bits per heavy atom. The molecule has 0 radical (unpaired) electrons. The van der Waals surface area contributed by atoms with E-state index in [0.29, 0.717) is 0 Å². The summed E-state index contributed by atoms with van der Waals surface area (Å²) in [5.41, 5.74) is 10.8. The maximum absolute atomic E-state index is 2.46. The number of thiophene rings is 2. The lowest BCUT2D eigenvalue weighted by atomic mass is 9.68. The molecule has 0 atom stereocenters. The van der Waals surface area contributed by atoms with Gasteiger partial charge in [0.2, 0.25) is 0 Å². The lowest BCUT2D eigenvalue weighted by Gasteiger charge is -2.34. The number of hydrogen-bond acceptors (Lipinski definition) is 3. The van der Waals surface area contributed by atoms with Gasteiger partial charge in [0.15, 0.2) is 0 Å². The summed E-state index contributed by atoms with van der Waals surface area (Å²) in [6.07, 6.45) is 0. The molecule has 0 saturated carbocycles. The summed E-state index contributed by atoms with van der Waals surface area (Å²) in [4.78, 5) is 2.46. The Kier molecular flexibility index (Phi) is 6.57. The van der Waals surface area contributed by atoms with Crippen LogP contribution in [0.1, 0.15) is 22.3 Å². The molecule has 0 spiro atoms. The summed E-state index contributed by atoms with van der Waals surface area (Å²) in [6, 6.07) is 69.8. The summed E-state index contributed by atoms with van der Waals surface area (Å²) < 4.78 is 5.24. The third-order valence-electron chi connectivity index (χ3n) is 10.9. The van der Waals surface area contributed by atoms with Gasteiger partial charge < -0.3 is 4.90 Å². The molecule has 0 bridgehead atoms. The fourth-order valence-corrected chi connectivity index (χ4v) is 11.0. The van der Waals surface area contributed by atoms with Gasteiger partial charge in [-0.1, -0.05) is 133 Å². The summed E-state index contributed by atoms with van der Waals surface area (Å²) in [5.74, 6) is 0. The summed E-state index contributed by atoms with van der Waals surface area (Å²) in [5, 5.41) is 5.23. The van der Waals surface area contributed by atoms with Crippen molar-refractivity contribution in [2.45, 2.75) is 5.41 Å². The second-order valence-electron chi connectivity index (χ2n) is 13.7. The molecule has 244 valence electrons. The van der Waals surface area contributed by atoms with E-state index in [9.17, 15) is 0 Å². The van der Waals surface area contributed by atoms with Gasteiger partial charge in [0.05, 0.1) is 5.41 Å². The first-order valence-corrected chi connectivity index (χ1v) is 19.4. The monoisotopic (exact) mass is 697 g/mol. The van der Waals surface area contributed by atoms with E-state index in [4.69, 9.17) is 0 Å². The molecule has 1 nitrogen and oxygen atoms in total. The van der Waals surface area contributed by atoms with Crippen molar-refractivity contribution >= 4 is 80.1 Å². The van der Waals surface area contributed by atoms with Gasteiger partial charge >= 0.3 is 0 Å². The van der Waals surface area contributed by atoms with E-state index in [2.05, 4.69) is 193 Å². The van der Waals surface area contributed by atoms with Gasteiger partial charge in [-0.3, -0.25) is 0 Å². The minimum absolute atomic E-state index is 0.428. The van der Waals surface area contributed by atoms with E-state index in [1.54, 1.807) is 0 Å². The first-order valence-electron chi connectivity index (χ1n) is 17.8. The molecule has 2 aromatic heterocycles. The molecular formula is C49H31NS2. The topological polar surface area (TPSA) is 3.24 Å². The minimum Gasteiger partial charge on any atom is -0.310 e. The second-order valence-corrected chi connectivity index (χ2v) is 15.8. The molecule has 10 aromatic rings. The standard InChI is InChI=1S/C49H31NS2/c1-3-13-32(14-4-1)49(33-15-5-2-6-16-33)43-20-10-7-17-37(43)41-29-34(24-27-44(41)49)50(35-25-28-47-42(30-35)39-19-9-12-22-46(39)51-47)36-23-26-40-38-18-8-11-21-45(38)52-48(40)31-36/h1-31H. The van der Waals surface area contributed by atoms with E-state index in [1.165, 1.54) is 73.7 Å². The molecule has 52 heavy (non-hydrogen) atoms. The predicted molar refractivity (Wildman–Crippen MR) is 224 cm³/mol. The van der Waals surface area contributed by atoms with Gasteiger partial charge in [0.1, 0.15) is 0 Å². The maximum atomic E-state index is 2.46. The fraction of sp³-hybridized carbons (Fsp3) is 0.0204. The highest BCUT2D eigenvalue weighted by molar-refractivity contribution is 7.26. The van der Waals surface area contributed by atoms with E-state index in [1.807, 2.05) is 22.7 Å². The van der Waals surface area contributed by atoms with Crippen molar-refractivity contribution in [3.05, 3.63) is 210 Å². The number of hydrogen-bond donors (Lipinski definition) is 0. The van der Waals surface area contributed by atoms with Crippen molar-refractivity contribution in [1.29, 1.82) is 0 Å². The predicted octanol–water partition coefficient (Wildman–Crippen LogP) is 14.3. The van der Waals surface area contributed by atoms with Crippen molar-refractivity contribution < 1.29 is 0 Å². The summed E-state index contributed by atoms with van der Waals surface area (Å²) in [7, 11) is 0. The van der Waals surface area contributed by atoms with Crippen LogP contribution in [0.5, 0.6) is 0 Å². The van der Waals surface area contributed by atoms with Crippen LogP contribution < -0.4 is 4.90 Å². The first kappa shape index (κ1) is 29.7. The average Bonchev–Trinajstić information content (AvgIpc) is 3.86. The molecule has 0 unspecified atom stereocenters. The Labute approximate surface area is 310 Å². The molecule has 0 saturated heterocycles. The van der Waals surface area contributed by atoms with E-state index in [0.717, 1.165) is 17.1 Å². The zero-order valence-corrected chi connectivity index (χ0v) is 29.8. The van der Waals surface area contributed by atoms with E-state index < -0.39 is 5.41 Å². The largest absolute Gasteiger partial charge is 0.310 e. The van der Waals surface area contributed by atoms with Gasteiger partial charge in [0, 0.05) is 57.4 Å². The molecule has 0 amide bonds. The van der Waals surface area contributed by atoms with Crippen LogP contribution in [0.3, 0.4) is 0 Å². The average molecular weight is 698 g/mol. The van der Waals surface area contributed by atoms with Crippen LogP contribution in [-0.2, 0) is 5.41 Å². The smallest absolute Gasteiger partial charge is 0.0713 e. The number of rotatable bonds is 5. The molecule has 3 heteroatoms. The van der Waals surface area contributed by atoms with Crippen molar-refractivity contribution in [1.82, 2.24) is 0 Å². The number of fused-ring (bicyclic) bond motifs is 9. The Bertz CT molecular complexity index is 2930. The van der Waals surface area contributed by atoms with Gasteiger partial charge in [-0.2, -0.15) is 0 Å². The molecule has 8 aromatic carbocycles. The number of anilines is 3. The normalized spacial score (nSPS) is 13.2. The van der Waals surface area contributed by atoms with Crippen molar-refractivity contribution in [3.8, 4) is 11.1 Å². The van der Waals surface area contributed by atoms with Gasteiger partial charge in [0.25, 0.3) is 0 Å². The quantitative estimate of drug-likeness (QED) is 0.173. The lowest BCUT2D eigenvalue weighted by molar-refractivity contribution is 0.768. The highest BCUT2D eigenvalue weighted by Crippen LogP contribution is 2.57. The Hall–Kier alpha value is -6.00. The molecule has 0 fully saturated rings. The third-order valence-corrected chi connectivity index (χ3v) is 13.2. The van der Waals surface area contributed by atoms with Crippen molar-refractivity contribution in [2.75, 3.05) is 4.90 Å². The fourth-order valence-electron chi connectivity index (χ4n) is 8.73. The van der Waals surface area contributed by atoms with Gasteiger partial charge in [-0.05, 0) is 88.0 Å². The van der Waals surface area contributed by atoms with E-state index >= 15 is 0 Å². The molecule has 2 heterocycles. The van der Waals surface area contributed by atoms with Crippen LogP contribution in [-0.4, -0.2) is 0 Å². The molecule has 1 aliphatic carbocycles. The zero-order chi connectivity index (χ0) is 34.2. The molecule has 0 aliphatic heterocycles. The third kappa shape index (κ3) is 4.27. The van der Waals surface area contributed by atoms with Crippen molar-refractivity contribution in [2.24, 2.45) is 0 Å². The SMILES string of the molecule is c1ccc(C2(c3ccccc3)c3ccccc3-c3cc(N(c4ccc5c(c4)sc4ccccc45)c4ccc5sc6ccccc6c5c4)ccc32)cc1. The van der Waals surface area contributed by atoms with Crippen molar-refractivity contribution in [3.63, 3.8) is 0 Å². The van der Waals surface area contributed by atoms with Gasteiger partial charge in [-0.15, -0.1) is 22.7 Å². The molecule has 0 N–H and O–H groups in total. The number of nitrogens with zero attached hydrogens (tertiary/aromatic N) is 1. The lowest BCUT2D eigenvalue weighted by Crippen LogP contribution is -2.28. The van der Waals surface area contributed by atoms with Crippen LogP contribution >= 0.6 is 22.7 Å². The molecular weight excluding hydrogens is 667 g/mol. The Morgan fingerprint density at radius 1 is 0.327 bits per heavy atom. The summed E-state index contributed by atoms with van der Waals surface area (Å²) in [6.45, 7) is 0. The molecule has 11 rings (SSSR count). The summed E-state index contributed by atoms with van der Waals surface area (Å²) >= 11 is 3.74. The highest BCUT2D eigenvalue weighted by atomic mass is 32.1. The highest BCUT2D eigenvalue weighted by Gasteiger charge is 2.46. The first-order chi connectivity index (χ1) is 25.8. The Balaban J connectivity index is 1.18. The van der Waals surface area contributed by atoms with Crippen LogP contribution in [0.2, 0.25) is 0 Å². The van der Waals surface area contributed by atoms with Gasteiger partial charge in [-0.25, -0.2) is 0 Å². The Morgan fingerprint density at radius 2 is 0.827 bits per heavy atom. The number of benzene rings is 8. The van der Waals surface area contributed by atoms with Crippen LogP contribution in [0.25, 0.3) is 51.5 Å². The van der Waals surface area contributed by atoms with Crippen LogP contribution in [0.15, 0.2) is 188 Å². The minimum atomic E-state index is -0.428. The van der Waals surface area contributed by atoms with Crippen LogP contribution in [0, 0.1) is 0 Å². The second kappa shape index (κ2) is 11.5. The van der Waals surface area contributed by atoms with Crippen LogP contribution in [0.4, 0.5) is 17.1 Å². The van der Waals surface area contributed by atoms with E-state index in [-0.39, 0.29) is 0 Å². The zero-order valence-electron chi connectivity index (χ0n) is 28.2. The molecule has 1 aliphatic rings. The maximum Gasteiger partial charge on any atom is 0.0713 e.